The molecule has 1 saturated heterocycles. The predicted molar refractivity (Wildman–Crippen MR) is 137 cm³/mol. The second-order valence-electron chi connectivity index (χ2n) is 9.41. The van der Waals surface area contributed by atoms with Gasteiger partial charge in [-0.15, -0.1) is 0 Å². The number of benzene rings is 1. The van der Waals surface area contributed by atoms with E-state index in [-0.39, 0.29) is 35.6 Å². The third kappa shape index (κ3) is 6.35. The number of carbonyl (C=O) groups excluding carboxylic acids is 1. The van der Waals surface area contributed by atoms with Gasteiger partial charge in [0.05, 0.1) is 25.3 Å². The van der Waals surface area contributed by atoms with Crippen LogP contribution in [-0.2, 0) is 4.79 Å². The van der Waals surface area contributed by atoms with E-state index in [0.29, 0.717) is 17.9 Å². The van der Waals surface area contributed by atoms with Gasteiger partial charge in [0.25, 0.3) is 0 Å². The van der Waals surface area contributed by atoms with Crippen LogP contribution in [0.25, 0.3) is 0 Å². The van der Waals surface area contributed by atoms with Crippen LogP contribution < -0.4 is 15.5 Å². The first kappa shape index (κ1) is 26.3. The first-order valence-electron chi connectivity index (χ1n) is 12.6. The molecule has 0 aliphatic carbocycles. The van der Waals surface area contributed by atoms with Gasteiger partial charge in [0.1, 0.15) is 11.5 Å². The summed E-state index contributed by atoms with van der Waals surface area (Å²) in [6, 6.07) is 9.48. The number of hydrogen-bond acceptors (Lipinski definition) is 8. The lowest BCUT2D eigenvalue weighted by Gasteiger charge is -2.29. The first-order valence-corrected chi connectivity index (χ1v) is 12.6. The smallest absolute Gasteiger partial charge is 0.227 e. The van der Waals surface area contributed by atoms with Gasteiger partial charge in [-0.3, -0.25) is 14.5 Å². The maximum absolute atomic E-state index is 13.3. The highest BCUT2D eigenvalue weighted by Crippen LogP contribution is 2.37. The fourth-order valence-corrected chi connectivity index (χ4v) is 4.90. The standard InChI is InChI=1S/C28H34N2O7/c1-18-14-23(32)27(34)28(37-18)20(19-9-10-22(31)25(15-19)35-2)16-26(33)29-17-21(24-8-7-13-36-24)30-11-5-3-4-6-12-30/h7-10,13-15,20-21,31,34H,3-6,11-12,16-17H2,1-2H3,(H,29,33)/t20-,21+/m0/s1. The molecule has 2 atom stereocenters. The topological polar surface area (TPSA) is 125 Å². The number of phenolic OH excluding ortho intramolecular Hbond substituents is 1. The average Bonchev–Trinajstić information content (AvgIpc) is 3.28. The Morgan fingerprint density at radius 2 is 1.89 bits per heavy atom. The van der Waals surface area contributed by atoms with Crippen molar-refractivity contribution in [3.8, 4) is 17.2 Å². The summed E-state index contributed by atoms with van der Waals surface area (Å²) in [6.45, 7) is 3.81. The minimum Gasteiger partial charge on any atom is -0.504 e. The lowest BCUT2D eigenvalue weighted by Crippen LogP contribution is -2.39. The minimum atomic E-state index is -0.789. The average molecular weight is 511 g/mol. The Labute approximate surface area is 215 Å². The summed E-state index contributed by atoms with van der Waals surface area (Å²) in [7, 11) is 1.42. The number of aryl methyl sites for hydroxylation is 1. The van der Waals surface area contributed by atoms with Crippen molar-refractivity contribution in [2.75, 3.05) is 26.7 Å². The van der Waals surface area contributed by atoms with E-state index in [1.807, 2.05) is 12.1 Å². The molecule has 0 unspecified atom stereocenters. The number of hydrogen-bond donors (Lipinski definition) is 3. The van der Waals surface area contributed by atoms with Crippen molar-refractivity contribution < 1.29 is 28.6 Å². The number of nitrogens with zero attached hydrogens (tertiary/aromatic N) is 1. The van der Waals surface area contributed by atoms with Crippen LogP contribution in [0, 0.1) is 6.92 Å². The number of likely N-dealkylation sites (tertiary alicyclic amines) is 1. The van der Waals surface area contributed by atoms with E-state index < -0.39 is 17.1 Å². The number of ether oxygens (including phenoxy) is 1. The summed E-state index contributed by atoms with van der Waals surface area (Å²) >= 11 is 0. The van der Waals surface area contributed by atoms with Gasteiger partial charge in [0.2, 0.25) is 17.1 Å². The first-order chi connectivity index (χ1) is 17.9. The molecular weight excluding hydrogens is 476 g/mol. The fourth-order valence-electron chi connectivity index (χ4n) is 4.90. The zero-order chi connectivity index (χ0) is 26.4. The van der Waals surface area contributed by atoms with E-state index in [1.54, 1.807) is 25.3 Å². The highest BCUT2D eigenvalue weighted by atomic mass is 16.5. The quantitative estimate of drug-likeness (QED) is 0.391. The number of furan rings is 1. The van der Waals surface area contributed by atoms with Gasteiger partial charge in [-0.05, 0) is 62.7 Å². The Morgan fingerprint density at radius 1 is 1.14 bits per heavy atom. The van der Waals surface area contributed by atoms with Crippen molar-refractivity contribution in [1.29, 1.82) is 0 Å². The molecule has 1 aliphatic heterocycles. The fraction of sp³-hybridized carbons (Fsp3) is 0.429. The van der Waals surface area contributed by atoms with Crippen molar-refractivity contribution in [3.05, 3.63) is 75.7 Å². The molecule has 4 rings (SSSR count). The molecule has 0 saturated carbocycles. The molecule has 2 aromatic heterocycles. The van der Waals surface area contributed by atoms with E-state index in [2.05, 4.69) is 10.2 Å². The number of carbonyl (C=O) groups is 1. The monoisotopic (exact) mass is 510 g/mol. The predicted octanol–water partition coefficient (Wildman–Crippen LogP) is 4.22. The molecule has 3 N–H and O–H groups in total. The van der Waals surface area contributed by atoms with E-state index in [0.717, 1.165) is 31.7 Å². The number of methoxy groups -OCH3 is 1. The van der Waals surface area contributed by atoms with Gasteiger partial charge < -0.3 is 29.1 Å². The molecule has 1 aromatic carbocycles. The summed E-state index contributed by atoms with van der Waals surface area (Å²) in [4.78, 5) is 27.9. The highest BCUT2D eigenvalue weighted by Gasteiger charge is 2.28. The molecule has 9 heteroatoms. The Bertz CT molecular complexity index is 1240. The van der Waals surface area contributed by atoms with Crippen molar-refractivity contribution in [2.24, 2.45) is 0 Å². The molecule has 37 heavy (non-hydrogen) atoms. The van der Waals surface area contributed by atoms with Crippen LogP contribution in [0.4, 0.5) is 0 Å². The Balaban J connectivity index is 1.58. The molecule has 3 aromatic rings. The molecule has 1 amide bonds. The Kier molecular flexibility index (Phi) is 8.55. The summed E-state index contributed by atoms with van der Waals surface area (Å²) in [6.07, 6.45) is 6.12. The molecule has 9 nitrogen and oxygen atoms in total. The van der Waals surface area contributed by atoms with E-state index in [1.165, 1.54) is 32.1 Å². The van der Waals surface area contributed by atoms with Crippen molar-refractivity contribution in [3.63, 3.8) is 0 Å². The van der Waals surface area contributed by atoms with Crippen LogP contribution >= 0.6 is 0 Å². The molecule has 1 fully saturated rings. The zero-order valence-electron chi connectivity index (χ0n) is 21.2. The third-order valence-electron chi connectivity index (χ3n) is 6.83. The van der Waals surface area contributed by atoms with Gasteiger partial charge >= 0.3 is 0 Å². The van der Waals surface area contributed by atoms with Gasteiger partial charge in [-0.25, -0.2) is 0 Å². The van der Waals surface area contributed by atoms with Crippen LogP contribution in [0.3, 0.4) is 0 Å². The van der Waals surface area contributed by atoms with Crippen molar-refractivity contribution in [2.45, 2.75) is 51.0 Å². The molecule has 0 radical (unpaired) electrons. The summed E-state index contributed by atoms with van der Waals surface area (Å²) < 4.78 is 16.7. The number of aromatic hydroxyl groups is 2. The van der Waals surface area contributed by atoms with Gasteiger partial charge in [-0.1, -0.05) is 18.9 Å². The maximum Gasteiger partial charge on any atom is 0.227 e. The largest absolute Gasteiger partial charge is 0.504 e. The Hall–Kier alpha value is -3.72. The Morgan fingerprint density at radius 3 is 2.57 bits per heavy atom. The van der Waals surface area contributed by atoms with E-state index in [4.69, 9.17) is 13.6 Å². The minimum absolute atomic E-state index is 0.0111. The highest BCUT2D eigenvalue weighted by molar-refractivity contribution is 5.77. The lowest BCUT2D eigenvalue weighted by atomic mass is 9.91. The van der Waals surface area contributed by atoms with E-state index >= 15 is 0 Å². The van der Waals surface area contributed by atoms with E-state index in [9.17, 15) is 19.8 Å². The molecule has 0 bridgehead atoms. The second-order valence-corrected chi connectivity index (χ2v) is 9.41. The maximum atomic E-state index is 13.3. The number of rotatable bonds is 9. The van der Waals surface area contributed by atoms with Gasteiger partial charge in [0.15, 0.2) is 17.3 Å². The van der Waals surface area contributed by atoms with Crippen LogP contribution in [-0.4, -0.2) is 47.8 Å². The lowest BCUT2D eigenvalue weighted by molar-refractivity contribution is -0.121. The second kappa shape index (κ2) is 12.0. The number of amides is 1. The number of phenols is 1. The van der Waals surface area contributed by atoms with Crippen molar-refractivity contribution in [1.82, 2.24) is 10.2 Å². The van der Waals surface area contributed by atoms with Crippen molar-refractivity contribution >= 4 is 5.91 Å². The summed E-state index contributed by atoms with van der Waals surface area (Å²) in [5.41, 5.74) is -0.0436. The molecule has 198 valence electrons. The summed E-state index contributed by atoms with van der Waals surface area (Å²) in [5.74, 6) is -0.386. The normalized spacial score (nSPS) is 16.1. The van der Waals surface area contributed by atoms with Gasteiger partial charge in [0, 0.05) is 19.0 Å². The SMILES string of the molecule is COc1cc([C@H](CC(=O)NC[C@H](c2ccco2)N2CCCCCC2)c2oc(C)cc(=O)c2O)ccc1O. The molecule has 0 spiro atoms. The summed E-state index contributed by atoms with van der Waals surface area (Å²) in [5, 5.41) is 23.6. The van der Waals surface area contributed by atoms with Crippen LogP contribution in [0.5, 0.6) is 17.2 Å². The molecular formula is C28H34N2O7. The molecule has 1 aliphatic rings. The zero-order valence-corrected chi connectivity index (χ0v) is 21.2. The van der Waals surface area contributed by atoms with Crippen LogP contribution in [0.1, 0.15) is 66.9 Å². The van der Waals surface area contributed by atoms with Crippen LogP contribution in [0.15, 0.2) is 56.3 Å². The van der Waals surface area contributed by atoms with Crippen LogP contribution in [0.2, 0.25) is 0 Å². The van der Waals surface area contributed by atoms with Gasteiger partial charge in [-0.2, -0.15) is 0 Å². The molecule has 3 heterocycles. The third-order valence-corrected chi connectivity index (χ3v) is 6.83. The number of nitrogens with one attached hydrogen (secondary N) is 1.